The summed E-state index contributed by atoms with van der Waals surface area (Å²) in [6.07, 6.45) is 1.67. The minimum absolute atomic E-state index is 0.0437. The first kappa shape index (κ1) is 29.8. The van der Waals surface area contributed by atoms with Crippen molar-refractivity contribution in [3.63, 3.8) is 0 Å². The Bertz CT molecular complexity index is 1230. The molecule has 2 N–H and O–H groups in total. The molecule has 2 aromatic carbocycles. The Kier molecular flexibility index (Phi) is 11.4. The second kappa shape index (κ2) is 15.0. The molecule has 0 saturated carbocycles. The standard InChI is InChI=1S/C23H26N2O3.C8H14N2O/c1-19-17-21(4-3-20-5-8-22(9-6-20)24-18-26)7-10-23(19)28-14-2-11-25-12-15-27-16-13-25;1-8(2,3)6-5-7(9-4)10-11-6/h5-10,17-18H,2,11-16H2,1H3,(H,24,26);5H,1-4H3,(H,9,10). The van der Waals surface area contributed by atoms with Gasteiger partial charge in [-0.05, 0) is 61.4 Å². The average molecular weight is 533 g/mol. The maximum atomic E-state index is 10.4. The highest BCUT2D eigenvalue weighted by molar-refractivity contribution is 5.71. The van der Waals surface area contributed by atoms with E-state index in [0.29, 0.717) is 13.0 Å². The van der Waals surface area contributed by atoms with Crippen molar-refractivity contribution in [3.05, 3.63) is 71.0 Å². The summed E-state index contributed by atoms with van der Waals surface area (Å²) in [6.45, 7) is 13.8. The van der Waals surface area contributed by atoms with Crippen LogP contribution < -0.4 is 15.4 Å². The first-order valence-electron chi connectivity index (χ1n) is 13.3. The topological polar surface area (TPSA) is 88.9 Å². The zero-order valence-corrected chi connectivity index (χ0v) is 23.7. The Balaban J connectivity index is 0.000000320. The van der Waals surface area contributed by atoms with Crippen LogP contribution in [-0.4, -0.2) is 63.0 Å². The van der Waals surface area contributed by atoms with Crippen LogP contribution in [0, 0.1) is 18.8 Å². The summed E-state index contributed by atoms with van der Waals surface area (Å²) in [6, 6.07) is 15.4. The minimum atomic E-state index is 0.0437. The van der Waals surface area contributed by atoms with E-state index in [1.807, 2.05) is 62.5 Å². The van der Waals surface area contributed by atoms with Crippen LogP contribution in [0.25, 0.3) is 0 Å². The summed E-state index contributed by atoms with van der Waals surface area (Å²) in [7, 11) is 1.82. The molecule has 8 heteroatoms. The van der Waals surface area contributed by atoms with E-state index in [1.165, 1.54) is 0 Å². The molecule has 1 saturated heterocycles. The van der Waals surface area contributed by atoms with Crippen molar-refractivity contribution in [1.82, 2.24) is 10.1 Å². The van der Waals surface area contributed by atoms with E-state index in [1.54, 1.807) is 0 Å². The molecule has 0 spiro atoms. The first-order chi connectivity index (χ1) is 18.8. The number of hydrogen-bond acceptors (Lipinski definition) is 7. The van der Waals surface area contributed by atoms with Gasteiger partial charge in [-0.2, -0.15) is 0 Å². The average Bonchev–Trinajstić information content (AvgIpc) is 3.43. The molecule has 0 bridgehead atoms. The lowest BCUT2D eigenvalue weighted by atomic mass is 9.93. The molecule has 1 fully saturated rings. The molecule has 2 heterocycles. The minimum Gasteiger partial charge on any atom is -0.493 e. The van der Waals surface area contributed by atoms with Crippen molar-refractivity contribution < 1.29 is 18.8 Å². The molecular weight excluding hydrogens is 492 g/mol. The van der Waals surface area contributed by atoms with Crippen molar-refractivity contribution >= 4 is 17.9 Å². The van der Waals surface area contributed by atoms with Crippen molar-refractivity contribution in [1.29, 1.82) is 0 Å². The summed E-state index contributed by atoms with van der Waals surface area (Å²) in [5, 5.41) is 9.34. The van der Waals surface area contributed by atoms with E-state index in [0.717, 1.165) is 79.0 Å². The molecular formula is C31H40N4O4. The number of nitrogens with zero attached hydrogens (tertiary/aromatic N) is 2. The number of nitrogens with one attached hydrogen (secondary N) is 2. The predicted octanol–water partition coefficient (Wildman–Crippen LogP) is 5.08. The molecule has 1 aromatic heterocycles. The maximum absolute atomic E-state index is 10.4. The van der Waals surface area contributed by atoms with E-state index >= 15 is 0 Å². The van der Waals surface area contributed by atoms with Gasteiger partial charge in [0, 0.05) is 55.0 Å². The number of ether oxygens (including phenoxy) is 2. The van der Waals surface area contributed by atoms with Gasteiger partial charge in [0.2, 0.25) is 6.41 Å². The molecule has 0 aliphatic carbocycles. The summed E-state index contributed by atoms with van der Waals surface area (Å²) < 4.78 is 16.4. The van der Waals surface area contributed by atoms with Gasteiger partial charge in [0.25, 0.3) is 0 Å². The quantitative estimate of drug-likeness (QED) is 0.238. The number of morpholine rings is 1. The SMILES string of the molecule is CNc1cc(C(C)(C)C)on1.Cc1cc(C#Cc2ccc(NC=O)cc2)ccc1OCCCN1CCOCC1. The summed E-state index contributed by atoms with van der Waals surface area (Å²) in [5.41, 5.74) is 3.74. The van der Waals surface area contributed by atoms with Gasteiger partial charge in [0.15, 0.2) is 5.82 Å². The summed E-state index contributed by atoms with van der Waals surface area (Å²) in [4.78, 5) is 12.8. The number of anilines is 2. The number of aromatic nitrogens is 1. The second-order valence-corrected chi connectivity index (χ2v) is 10.3. The molecule has 0 atom stereocenters. The third kappa shape index (κ3) is 10.1. The smallest absolute Gasteiger partial charge is 0.211 e. The zero-order valence-electron chi connectivity index (χ0n) is 23.7. The van der Waals surface area contributed by atoms with Crippen molar-refractivity contribution in [2.45, 2.75) is 39.5 Å². The fourth-order valence-corrected chi connectivity index (χ4v) is 3.79. The highest BCUT2D eigenvalue weighted by Gasteiger charge is 2.19. The number of carbonyl (C=O) groups excluding carboxylic acids is 1. The van der Waals surface area contributed by atoms with Gasteiger partial charge in [0.05, 0.1) is 19.8 Å². The molecule has 1 aliphatic heterocycles. The van der Waals surface area contributed by atoms with Gasteiger partial charge in [0.1, 0.15) is 11.5 Å². The van der Waals surface area contributed by atoms with Gasteiger partial charge < -0.3 is 24.6 Å². The monoisotopic (exact) mass is 532 g/mol. The number of amides is 1. The highest BCUT2D eigenvalue weighted by atomic mass is 16.5. The molecule has 0 unspecified atom stereocenters. The Labute approximate surface area is 232 Å². The number of benzene rings is 2. The van der Waals surface area contributed by atoms with Gasteiger partial charge in [-0.15, -0.1) is 0 Å². The largest absolute Gasteiger partial charge is 0.493 e. The Hall–Kier alpha value is -3.80. The van der Waals surface area contributed by atoms with Crippen molar-refractivity contribution in [3.8, 4) is 17.6 Å². The lowest BCUT2D eigenvalue weighted by molar-refractivity contribution is -0.105. The van der Waals surface area contributed by atoms with E-state index < -0.39 is 0 Å². The molecule has 4 rings (SSSR count). The number of carbonyl (C=O) groups is 1. The van der Waals surface area contributed by atoms with Crippen molar-refractivity contribution in [2.75, 3.05) is 57.1 Å². The van der Waals surface area contributed by atoms with E-state index in [4.69, 9.17) is 14.0 Å². The Morgan fingerprint density at radius 3 is 2.33 bits per heavy atom. The fraction of sp³-hybridized carbons (Fsp3) is 0.419. The highest BCUT2D eigenvalue weighted by Crippen LogP contribution is 2.24. The van der Waals surface area contributed by atoms with Crippen LogP contribution in [0.15, 0.2) is 53.1 Å². The lowest BCUT2D eigenvalue weighted by Crippen LogP contribution is -2.37. The molecule has 208 valence electrons. The third-order valence-electron chi connectivity index (χ3n) is 6.12. The predicted molar refractivity (Wildman–Crippen MR) is 155 cm³/mol. The summed E-state index contributed by atoms with van der Waals surface area (Å²) >= 11 is 0. The Morgan fingerprint density at radius 1 is 1.05 bits per heavy atom. The normalized spacial score (nSPS) is 13.4. The van der Waals surface area contributed by atoms with Gasteiger partial charge in [-0.1, -0.05) is 37.8 Å². The van der Waals surface area contributed by atoms with Crippen LogP contribution in [0.1, 0.15) is 49.6 Å². The van der Waals surface area contributed by atoms with Crippen LogP contribution in [-0.2, 0) is 14.9 Å². The van der Waals surface area contributed by atoms with E-state index in [2.05, 4.69) is 53.3 Å². The molecule has 0 radical (unpaired) electrons. The molecule has 1 amide bonds. The van der Waals surface area contributed by atoms with Crippen LogP contribution in [0.4, 0.5) is 11.5 Å². The van der Waals surface area contributed by atoms with Crippen molar-refractivity contribution in [2.24, 2.45) is 0 Å². The molecule has 1 aliphatic rings. The number of hydrogen-bond donors (Lipinski definition) is 2. The first-order valence-corrected chi connectivity index (χ1v) is 13.3. The zero-order chi connectivity index (χ0) is 28.1. The molecule has 8 nitrogen and oxygen atoms in total. The number of aryl methyl sites for hydroxylation is 1. The second-order valence-electron chi connectivity index (χ2n) is 10.3. The Morgan fingerprint density at radius 2 is 1.74 bits per heavy atom. The lowest BCUT2D eigenvalue weighted by Gasteiger charge is -2.26. The van der Waals surface area contributed by atoms with E-state index in [9.17, 15) is 4.79 Å². The van der Waals surface area contributed by atoms with Gasteiger partial charge in [-0.3, -0.25) is 9.69 Å². The van der Waals surface area contributed by atoms with Gasteiger partial charge >= 0.3 is 0 Å². The van der Waals surface area contributed by atoms with Crippen LogP contribution >= 0.6 is 0 Å². The van der Waals surface area contributed by atoms with E-state index in [-0.39, 0.29) is 5.41 Å². The van der Waals surface area contributed by atoms with Gasteiger partial charge in [-0.25, -0.2) is 0 Å². The van der Waals surface area contributed by atoms with Crippen LogP contribution in [0.3, 0.4) is 0 Å². The third-order valence-corrected chi connectivity index (χ3v) is 6.12. The van der Waals surface area contributed by atoms with Crippen LogP contribution in [0.2, 0.25) is 0 Å². The fourth-order valence-electron chi connectivity index (χ4n) is 3.79. The van der Waals surface area contributed by atoms with Crippen LogP contribution in [0.5, 0.6) is 5.75 Å². The maximum Gasteiger partial charge on any atom is 0.211 e. The molecule has 39 heavy (non-hydrogen) atoms. The number of rotatable bonds is 8. The summed E-state index contributed by atoms with van der Waals surface area (Å²) in [5.74, 6) is 8.92. The molecule has 3 aromatic rings.